The molecule has 2 unspecified atom stereocenters. The third-order valence-electron chi connectivity index (χ3n) is 2.03. The number of ether oxygens (including phenoxy) is 2. The second-order valence-corrected chi connectivity index (χ2v) is 3.17. The Morgan fingerprint density at radius 2 is 2.15 bits per heavy atom. The zero-order valence-corrected chi connectivity index (χ0v) is 7.43. The highest BCUT2D eigenvalue weighted by Crippen LogP contribution is 2.31. The Hall–Kier alpha value is -1.06. The summed E-state index contributed by atoms with van der Waals surface area (Å²) >= 11 is 0. The molecule has 1 aliphatic heterocycles. The molecule has 0 aromatic heterocycles. The van der Waals surface area contributed by atoms with Crippen LogP contribution in [0.15, 0.2) is 24.3 Å². The van der Waals surface area contributed by atoms with Crippen LogP contribution in [0.5, 0.6) is 5.75 Å². The van der Waals surface area contributed by atoms with E-state index < -0.39 is 6.29 Å². The van der Waals surface area contributed by atoms with E-state index in [9.17, 15) is 5.11 Å². The van der Waals surface area contributed by atoms with Gasteiger partial charge in [0.1, 0.15) is 5.75 Å². The molecule has 3 nitrogen and oxygen atoms in total. The highest BCUT2D eigenvalue weighted by molar-refractivity contribution is 5.32. The van der Waals surface area contributed by atoms with Crippen molar-refractivity contribution in [3.63, 3.8) is 0 Å². The lowest BCUT2D eigenvalue weighted by Crippen LogP contribution is -2.02. The van der Waals surface area contributed by atoms with Crippen molar-refractivity contribution in [3.8, 4) is 5.75 Å². The van der Waals surface area contributed by atoms with E-state index in [2.05, 4.69) is 0 Å². The van der Waals surface area contributed by atoms with Gasteiger partial charge in [-0.2, -0.15) is 0 Å². The molecule has 1 aromatic carbocycles. The van der Waals surface area contributed by atoms with Crippen LogP contribution in [0.4, 0.5) is 0 Å². The molecule has 0 saturated carbocycles. The molecule has 70 valence electrons. The maximum Gasteiger partial charge on any atom is 0.187 e. The highest BCUT2D eigenvalue weighted by atomic mass is 16.7. The number of para-hydroxylation sites is 1. The standard InChI is InChI=1S/C10H12O3/c1-7-6-12-10(13-7)8-4-2-3-5-9(8)11/h2-5,7,10-11H,6H2,1H3. The maximum absolute atomic E-state index is 9.50. The Balaban J connectivity index is 2.21. The van der Waals surface area contributed by atoms with Gasteiger partial charge >= 0.3 is 0 Å². The number of benzene rings is 1. The molecule has 0 spiro atoms. The van der Waals surface area contributed by atoms with Gasteiger partial charge in [-0.3, -0.25) is 0 Å². The van der Waals surface area contributed by atoms with E-state index in [-0.39, 0.29) is 11.9 Å². The van der Waals surface area contributed by atoms with Gasteiger partial charge in [0, 0.05) is 5.56 Å². The van der Waals surface area contributed by atoms with Crippen molar-refractivity contribution in [1.82, 2.24) is 0 Å². The van der Waals surface area contributed by atoms with E-state index >= 15 is 0 Å². The first-order valence-corrected chi connectivity index (χ1v) is 4.32. The van der Waals surface area contributed by atoms with Gasteiger partial charge < -0.3 is 14.6 Å². The molecule has 1 aromatic rings. The molecular formula is C10H12O3. The second kappa shape index (κ2) is 3.36. The predicted molar refractivity (Wildman–Crippen MR) is 47.3 cm³/mol. The Morgan fingerprint density at radius 1 is 1.38 bits per heavy atom. The summed E-state index contributed by atoms with van der Waals surface area (Å²) < 4.78 is 10.8. The van der Waals surface area contributed by atoms with E-state index in [0.29, 0.717) is 12.2 Å². The van der Waals surface area contributed by atoms with Crippen molar-refractivity contribution in [2.75, 3.05) is 6.61 Å². The molecule has 1 aliphatic rings. The molecule has 1 N–H and O–H groups in total. The quantitative estimate of drug-likeness (QED) is 0.716. The molecule has 1 heterocycles. The van der Waals surface area contributed by atoms with Crippen molar-refractivity contribution in [3.05, 3.63) is 29.8 Å². The minimum absolute atomic E-state index is 0.101. The van der Waals surface area contributed by atoms with Gasteiger partial charge in [0.2, 0.25) is 0 Å². The maximum atomic E-state index is 9.50. The molecule has 13 heavy (non-hydrogen) atoms. The van der Waals surface area contributed by atoms with Crippen molar-refractivity contribution >= 4 is 0 Å². The van der Waals surface area contributed by atoms with Crippen LogP contribution < -0.4 is 0 Å². The third kappa shape index (κ3) is 1.66. The van der Waals surface area contributed by atoms with E-state index in [1.165, 1.54) is 0 Å². The van der Waals surface area contributed by atoms with Crippen molar-refractivity contribution < 1.29 is 14.6 Å². The van der Waals surface area contributed by atoms with Gasteiger partial charge in [-0.15, -0.1) is 0 Å². The SMILES string of the molecule is CC1COC(c2ccccc2O)O1. The van der Waals surface area contributed by atoms with Crippen molar-refractivity contribution in [1.29, 1.82) is 0 Å². The van der Waals surface area contributed by atoms with Gasteiger partial charge in [-0.05, 0) is 13.0 Å². The number of hydrogen-bond donors (Lipinski definition) is 1. The van der Waals surface area contributed by atoms with Gasteiger partial charge in [0.05, 0.1) is 12.7 Å². The normalized spacial score (nSPS) is 27.8. The largest absolute Gasteiger partial charge is 0.507 e. The summed E-state index contributed by atoms with van der Waals surface area (Å²) in [6.45, 7) is 2.53. The fourth-order valence-corrected chi connectivity index (χ4v) is 1.36. The minimum atomic E-state index is -0.406. The van der Waals surface area contributed by atoms with Crippen molar-refractivity contribution in [2.45, 2.75) is 19.3 Å². The Labute approximate surface area is 76.9 Å². The van der Waals surface area contributed by atoms with Gasteiger partial charge in [0.15, 0.2) is 6.29 Å². The number of rotatable bonds is 1. The summed E-state index contributed by atoms with van der Waals surface area (Å²) in [4.78, 5) is 0. The number of phenols is 1. The van der Waals surface area contributed by atoms with Crippen LogP contribution in [-0.4, -0.2) is 17.8 Å². The van der Waals surface area contributed by atoms with Crippen LogP contribution in [0.25, 0.3) is 0 Å². The number of hydrogen-bond acceptors (Lipinski definition) is 3. The Bertz CT molecular complexity index is 298. The highest BCUT2D eigenvalue weighted by Gasteiger charge is 2.25. The molecule has 2 atom stereocenters. The van der Waals surface area contributed by atoms with E-state index in [1.807, 2.05) is 13.0 Å². The van der Waals surface area contributed by atoms with Gasteiger partial charge in [0.25, 0.3) is 0 Å². The van der Waals surface area contributed by atoms with Crippen LogP contribution >= 0.6 is 0 Å². The van der Waals surface area contributed by atoms with Crippen LogP contribution in [0.2, 0.25) is 0 Å². The number of aromatic hydroxyl groups is 1. The first-order chi connectivity index (χ1) is 6.27. The number of phenolic OH excluding ortho intramolecular Hbond substituents is 1. The van der Waals surface area contributed by atoms with Crippen LogP contribution in [0.3, 0.4) is 0 Å². The van der Waals surface area contributed by atoms with Crippen LogP contribution in [0, 0.1) is 0 Å². The molecule has 0 amide bonds. The summed E-state index contributed by atoms with van der Waals surface area (Å²) in [5.41, 5.74) is 0.701. The monoisotopic (exact) mass is 180 g/mol. The first kappa shape index (κ1) is 8.53. The molecule has 0 bridgehead atoms. The lowest BCUT2D eigenvalue weighted by molar-refractivity contribution is -0.0584. The first-order valence-electron chi connectivity index (χ1n) is 4.32. The topological polar surface area (TPSA) is 38.7 Å². The molecule has 0 aliphatic carbocycles. The zero-order chi connectivity index (χ0) is 9.26. The zero-order valence-electron chi connectivity index (χ0n) is 7.43. The fourth-order valence-electron chi connectivity index (χ4n) is 1.36. The second-order valence-electron chi connectivity index (χ2n) is 3.17. The fraction of sp³-hybridized carbons (Fsp3) is 0.400. The third-order valence-corrected chi connectivity index (χ3v) is 2.03. The summed E-state index contributed by atoms with van der Waals surface area (Å²) in [5, 5.41) is 9.50. The van der Waals surface area contributed by atoms with Gasteiger partial charge in [-0.25, -0.2) is 0 Å². The molecule has 1 saturated heterocycles. The Morgan fingerprint density at radius 3 is 2.77 bits per heavy atom. The lowest BCUT2D eigenvalue weighted by atomic mass is 10.2. The molecule has 1 fully saturated rings. The summed E-state index contributed by atoms with van der Waals surface area (Å²) in [6.07, 6.45) is -0.305. The molecule has 2 rings (SSSR count). The smallest absolute Gasteiger partial charge is 0.187 e. The minimum Gasteiger partial charge on any atom is -0.507 e. The Kier molecular flexibility index (Phi) is 2.20. The van der Waals surface area contributed by atoms with E-state index in [1.54, 1.807) is 18.2 Å². The molecule has 0 radical (unpaired) electrons. The molecular weight excluding hydrogens is 168 g/mol. The van der Waals surface area contributed by atoms with E-state index in [4.69, 9.17) is 9.47 Å². The average molecular weight is 180 g/mol. The van der Waals surface area contributed by atoms with Crippen LogP contribution in [-0.2, 0) is 9.47 Å². The summed E-state index contributed by atoms with van der Waals surface area (Å²) in [5.74, 6) is 0.224. The summed E-state index contributed by atoms with van der Waals surface area (Å²) in [6, 6.07) is 7.06. The van der Waals surface area contributed by atoms with Crippen molar-refractivity contribution in [2.24, 2.45) is 0 Å². The van der Waals surface area contributed by atoms with Crippen LogP contribution in [0.1, 0.15) is 18.8 Å². The lowest BCUT2D eigenvalue weighted by Gasteiger charge is -2.10. The van der Waals surface area contributed by atoms with Gasteiger partial charge in [-0.1, -0.05) is 18.2 Å². The molecule has 3 heteroatoms. The summed E-state index contributed by atoms with van der Waals surface area (Å²) in [7, 11) is 0. The van der Waals surface area contributed by atoms with E-state index in [0.717, 1.165) is 0 Å². The average Bonchev–Trinajstić information content (AvgIpc) is 2.53. The predicted octanol–water partition coefficient (Wildman–Crippen LogP) is 1.83.